The number of carbonyl (C=O) groups excluding carboxylic acids is 1. The number of nitro benzene ring substituents is 1. The van der Waals surface area contributed by atoms with Crippen molar-refractivity contribution in [2.24, 2.45) is 0 Å². The Kier molecular flexibility index (Phi) is 4.64. The third-order valence-electron chi connectivity index (χ3n) is 3.42. The van der Waals surface area contributed by atoms with Gasteiger partial charge in [-0.3, -0.25) is 14.9 Å². The van der Waals surface area contributed by atoms with E-state index in [1.807, 2.05) is 11.9 Å². The highest BCUT2D eigenvalue weighted by Gasteiger charge is 2.24. The molecule has 114 valence electrons. The first-order chi connectivity index (χ1) is 9.88. The second kappa shape index (κ2) is 6.28. The molecule has 0 unspecified atom stereocenters. The number of amides is 1. The molecule has 1 saturated heterocycles. The summed E-state index contributed by atoms with van der Waals surface area (Å²) in [6.07, 6.45) is 0. The molecule has 8 heteroatoms. The van der Waals surface area contributed by atoms with Crippen LogP contribution in [-0.4, -0.2) is 49.0 Å². The number of rotatable bonds is 3. The van der Waals surface area contributed by atoms with Gasteiger partial charge in [-0.1, -0.05) is 11.6 Å². The Hall–Kier alpha value is -1.86. The number of anilines is 2. The molecule has 0 saturated carbocycles. The average Bonchev–Trinajstić information content (AvgIpc) is 2.41. The van der Waals surface area contributed by atoms with Crippen LogP contribution in [0.25, 0.3) is 0 Å². The van der Waals surface area contributed by atoms with Gasteiger partial charge in [0.1, 0.15) is 5.69 Å². The van der Waals surface area contributed by atoms with E-state index in [-0.39, 0.29) is 16.6 Å². The van der Waals surface area contributed by atoms with Gasteiger partial charge in [-0.25, -0.2) is 0 Å². The standard InChI is InChI=1S/C13H17ClN4O3/c1-9(19)15-11-8-12(13(18(20)21)7-10(11)14)17-5-3-16(2)4-6-17/h7-8H,3-6H2,1-2H3,(H,15,19). The summed E-state index contributed by atoms with van der Waals surface area (Å²) in [7, 11) is 2.01. The lowest BCUT2D eigenvalue weighted by Crippen LogP contribution is -2.44. The van der Waals surface area contributed by atoms with Gasteiger partial charge in [0.15, 0.2) is 0 Å². The highest BCUT2D eigenvalue weighted by molar-refractivity contribution is 6.34. The molecule has 0 atom stereocenters. The van der Waals surface area contributed by atoms with Crippen LogP contribution in [0.5, 0.6) is 0 Å². The minimum absolute atomic E-state index is 0.0429. The predicted octanol–water partition coefficient (Wildman–Crippen LogP) is 1.96. The molecule has 0 radical (unpaired) electrons. The monoisotopic (exact) mass is 312 g/mol. The molecule has 1 aliphatic heterocycles. The van der Waals surface area contributed by atoms with Gasteiger partial charge in [0.2, 0.25) is 5.91 Å². The minimum Gasteiger partial charge on any atom is -0.363 e. The first-order valence-corrected chi connectivity index (χ1v) is 6.95. The van der Waals surface area contributed by atoms with Crippen LogP contribution < -0.4 is 10.2 Å². The van der Waals surface area contributed by atoms with Crippen LogP contribution in [0.3, 0.4) is 0 Å². The smallest absolute Gasteiger partial charge is 0.294 e. The zero-order valence-electron chi connectivity index (χ0n) is 11.9. The minimum atomic E-state index is -0.447. The SMILES string of the molecule is CC(=O)Nc1cc(N2CCN(C)CC2)c([N+](=O)[O-])cc1Cl. The summed E-state index contributed by atoms with van der Waals surface area (Å²) < 4.78 is 0. The zero-order chi connectivity index (χ0) is 15.6. The van der Waals surface area contributed by atoms with Crippen molar-refractivity contribution in [1.29, 1.82) is 0 Å². The number of nitro groups is 1. The lowest BCUT2D eigenvalue weighted by Gasteiger charge is -2.33. The second-order valence-corrected chi connectivity index (χ2v) is 5.46. The third-order valence-corrected chi connectivity index (χ3v) is 3.73. The van der Waals surface area contributed by atoms with Gasteiger partial charge in [-0.15, -0.1) is 0 Å². The Morgan fingerprint density at radius 3 is 2.48 bits per heavy atom. The molecule has 1 amide bonds. The normalized spacial score (nSPS) is 15.9. The van der Waals surface area contributed by atoms with Gasteiger partial charge >= 0.3 is 0 Å². The highest BCUT2D eigenvalue weighted by Crippen LogP contribution is 2.37. The molecule has 1 aromatic rings. The Labute approximate surface area is 127 Å². The summed E-state index contributed by atoms with van der Waals surface area (Å²) in [6, 6.07) is 2.87. The maximum Gasteiger partial charge on any atom is 0.294 e. The van der Waals surface area contributed by atoms with Crippen molar-refractivity contribution in [3.8, 4) is 0 Å². The van der Waals surface area contributed by atoms with E-state index >= 15 is 0 Å². The topological polar surface area (TPSA) is 78.7 Å². The zero-order valence-corrected chi connectivity index (χ0v) is 12.7. The van der Waals surface area contributed by atoms with E-state index < -0.39 is 4.92 Å². The molecular weight excluding hydrogens is 296 g/mol. The van der Waals surface area contributed by atoms with Gasteiger partial charge in [0.05, 0.1) is 15.6 Å². The molecule has 7 nitrogen and oxygen atoms in total. The van der Waals surface area contributed by atoms with Crippen LogP contribution in [0.2, 0.25) is 5.02 Å². The van der Waals surface area contributed by atoms with Gasteiger partial charge in [-0.2, -0.15) is 0 Å². The quantitative estimate of drug-likeness (QED) is 0.682. The van der Waals surface area contributed by atoms with Crippen molar-refractivity contribution in [1.82, 2.24) is 4.90 Å². The van der Waals surface area contributed by atoms with E-state index in [4.69, 9.17) is 11.6 Å². The number of hydrogen-bond donors (Lipinski definition) is 1. The van der Waals surface area contributed by atoms with Gasteiger partial charge in [-0.05, 0) is 13.1 Å². The van der Waals surface area contributed by atoms with Gasteiger partial charge < -0.3 is 15.1 Å². The van der Waals surface area contributed by atoms with Crippen molar-refractivity contribution >= 4 is 34.6 Å². The molecule has 1 aromatic carbocycles. The fourth-order valence-electron chi connectivity index (χ4n) is 2.28. The molecule has 1 N–H and O–H groups in total. The number of hydrogen-bond acceptors (Lipinski definition) is 5. The van der Waals surface area contributed by atoms with Crippen molar-refractivity contribution < 1.29 is 9.72 Å². The number of carbonyl (C=O) groups is 1. The number of benzene rings is 1. The first-order valence-electron chi connectivity index (χ1n) is 6.57. The average molecular weight is 313 g/mol. The summed E-state index contributed by atoms with van der Waals surface area (Å²) >= 11 is 6.01. The van der Waals surface area contributed by atoms with Crippen LogP contribution in [-0.2, 0) is 4.79 Å². The van der Waals surface area contributed by atoms with E-state index in [0.717, 1.165) is 13.1 Å². The van der Waals surface area contributed by atoms with Crippen LogP contribution in [0.1, 0.15) is 6.92 Å². The lowest BCUT2D eigenvalue weighted by atomic mass is 10.2. The van der Waals surface area contributed by atoms with Crippen LogP contribution in [0.4, 0.5) is 17.1 Å². The summed E-state index contributed by atoms with van der Waals surface area (Å²) in [4.78, 5) is 26.1. The molecule has 21 heavy (non-hydrogen) atoms. The first kappa shape index (κ1) is 15.5. The van der Waals surface area contributed by atoms with Crippen molar-refractivity contribution in [2.75, 3.05) is 43.4 Å². The molecule has 0 spiro atoms. The third kappa shape index (κ3) is 3.62. The summed E-state index contributed by atoms with van der Waals surface area (Å²) in [5.41, 5.74) is 0.837. The van der Waals surface area contributed by atoms with Crippen LogP contribution in [0, 0.1) is 10.1 Å². The lowest BCUT2D eigenvalue weighted by molar-refractivity contribution is -0.384. The van der Waals surface area contributed by atoms with Crippen molar-refractivity contribution in [3.05, 3.63) is 27.3 Å². The molecular formula is C13H17ClN4O3. The molecule has 2 rings (SSSR count). The maximum atomic E-state index is 11.2. The summed E-state index contributed by atoms with van der Waals surface area (Å²) in [5, 5.41) is 14.0. The molecule has 0 aromatic heterocycles. The van der Waals surface area contributed by atoms with Gasteiger partial charge in [0, 0.05) is 39.2 Å². The largest absolute Gasteiger partial charge is 0.363 e. The maximum absolute atomic E-state index is 11.2. The Bertz CT molecular complexity index is 571. The molecule has 0 aliphatic carbocycles. The van der Waals surface area contributed by atoms with Crippen molar-refractivity contribution in [2.45, 2.75) is 6.92 Å². The fourth-order valence-corrected chi connectivity index (χ4v) is 2.49. The van der Waals surface area contributed by atoms with Crippen LogP contribution >= 0.6 is 11.6 Å². The van der Waals surface area contributed by atoms with E-state index in [2.05, 4.69) is 10.2 Å². The number of nitrogens with one attached hydrogen (secondary N) is 1. The van der Waals surface area contributed by atoms with E-state index in [1.54, 1.807) is 6.07 Å². The molecule has 1 fully saturated rings. The number of nitrogens with zero attached hydrogens (tertiary/aromatic N) is 3. The number of likely N-dealkylation sites (N-methyl/N-ethyl adjacent to an activating group) is 1. The highest BCUT2D eigenvalue weighted by atomic mass is 35.5. The van der Waals surface area contributed by atoms with Crippen LogP contribution in [0.15, 0.2) is 12.1 Å². The van der Waals surface area contributed by atoms with E-state index in [9.17, 15) is 14.9 Å². The van der Waals surface area contributed by atoms with Crippen molar-refractivity contribution in [3.63, 3.8) is 0 Å². The molecule has 1 heterocycles. The summed E-state index contributed by atoms with van der Waals surface area (Å²) in [5.74, 6) is -0.268. The fraction of sp³-hybridized carbons (Fsp3) is 0.462. The summed E-state index contributed by atoms with van der Waals surface area (Å²) in [6.45, 7) is 4.41. The second-order valence-electron chi connectivity index (χ2n) is 5.05. The number of halogens is 1. The molecule has 0 bridgehead atoms. The number of piperazine rings is 1. The van der Waals surface area contributed by atoms with Gasteiger partial charge in [0.25, 0.3) is 5.69 Å². The Morgan fingerprint density at radius 1 is 1.33 bits per heavy atom. The van der Waals surface area contributed by atoms with E-state index in [0.29, 0.717) is 24.5 Å². The van der Waals surface area contributed by atoms with E-state index in [1.165, 1.54) is 13.0 Å². The predicted molar refractivity (Wildman–Crippen MR) is 82.1 cm³/mol. The molecule has 1 aliphatic rings. The Morgan fingerprint density at radius 2 is 1.95 bits per heavy atom. The Balaban J connectivity index is 2.40.